The maximum absolute atomic E-state index is 12.6. The molecule has 0 saturated heterocycles. The molecule has 1 heterocycles. The van der Waals surface area contributed by atoms with Gasteiger partial charge in [0.25, 0.3) is 0 Å². The molecular weight excluding hydrogens is 340 g/mol. The molecule has 1 aromatic heterocycles. The van der Waals surface area contributed by atoms with E-state index in [1.165, 1.54) is 6.92 Å². The van der Waals surface area contributed by atoms with Gasteiger partial charge in [0, 0.05) is 12.6 Å². The Morgan fingerprint density at radius 3 is 2.70 bits per heavy atom. The van der Waals surface area contributed by atoms with E-state index in [2.05, 4.69) is 27.4 Å². The third-order valence-corrected chi connectivity index (χ3v) is 4.64. The first-order chi connectivity index (χ1) is 12.9. The van der Waals surface area contributed by atoms with Gasteiger partial charge in [-0.1, -0.05) is 42.0 Å². The fourth-order valence-corrected chi connectivity index (χ4v) is 3.24. The lowest BCUT2D eigenvalue weighted by Gasteiger charge is -2.19. The van der Waals surface area contributed by atoms with Crippen molar-refractivity contribution in [3.05, 3.63) is 65.7 Å². The monoisotopic (exact) mass is 364 g/mol. The summed E-state index contributed by atoms with van der Waals surface area (Å²) in [7, 11) is 0. The number of nitrogens with zero attached hydrogens (tertiary/aromatic N) is 1. The second-order valence-electron chi connectivity index (χ2n) is 6.89. The number of aryl methyl sites for hydroxylation is 1. The fourth-order valence-electron chi connectivity index (χ4n) is 3.24. The molecule has 140 valence electrons. The summed E-state index contributed by atoms with van der Waals surface area (Å²) in [5, 5.41) is 4.98. The summed E-state index contributed by atoms with van der Waals surface area (Å²) in [6.07, 6.45) is 4.00. The summed E-state index contributed by atoms with van der Waals surface area (Å²) in [6, 6.07) is 10.8. The van der Waals surface area contributed by atoms with Crippen molar-refractivity contribution in [3.8, 4) is 0 Å². The number of aromatic nitrogens is 2. The van der Waals surface area contributed by atoms with Crippen molar-refractivity contribution in [2.45, 2.75) is 38.8 Å². The summed E-state index contributed by atoms with van der Waals surface area (Å²) in [6.45, 7) is 3.48. The van der Waals surface area contributed by atoms with Crippen molar-refractivity contribution in [2.24, 2.45) is 5.73 Å². The van der Waals surface area contributed by atoms with Crippen molar-refractivity contribution in [1.29, 1.82) is 0 Å². The number of ketones is 1. The molecule has 3 rings (SSSR count). The fraction of sp³-hybridized carbons (Fsp3) is 0.286. The number of benzene rings is 2. The molecule has 0 bridgehead atoms. The standard InChI is InChI=1S/C21H24N4O2/c1-13-7-15-5-3-4-6-18(15)16(8-13)9-19(22)21(27)25-20(14(2)26)10-17-11-23-12-24-17/h3-8,11-12,19-20H,9-10,22H2,1-2H3,(H,23,24)(H,25,27)/t19-,20-/m0/s1. The predicted molar refractivity (Wildman–Crippen MR) is 105 cm³/mol. The van der Waals surface area contributed by atoms with Gasteiger partial charge in [0.2, 0.25) is 5.91 Å². The molecule has 2 aromatic carbocycles. The maximum Gasteiger partial charge on any atom is 0.237 e. The van der Waals surface area contributed by atoms with Crippen LogP contribution in [0.5, 0.6) is 0 Å². The van der Waals surface area contributed by atoms with E-state index in [9.17, 15) is 9.59 Å². The van der Waals surface area contributed by atoms with Gasteiger partial charge in [0.15, 0.2) is 5.78 Å². The number of amides is 1. The zero-order valence-corrected chi connectivity index (χ0v) is 15.5. The number of carbonyl (C=O) groups excluding carboxylic acids is 2. The number of hydrogen-bond donors (Lipinski definition) is 3. The highest BCUT2D eigenvalue weighted by Gasteiger charge is 2.23. The van der Waals surface area contributed by atoms with Crippen LogP contribution in [0.25, 0.3) is 10.8 Å². The summed E-state index contributed by atoms with van der Waals surface area (Å²) < 4.78 is 0. The van der Waals surface area contributed by atoms with Crippen LogP contribution in [0.2, 0.25) is 0 Å². The Kier molecular flexibility index (Phi) is 5.66. The van der Waals surface area contributed by atoms with Gasteiger partial charge in [-0.05, 0) is 36.6 Å². The topological polar surface area (TPSA) is 101 Å². The van der Waals surface area contributed by atoms with Gasteiger partial charge in [0.1, 0.15) is 0 Å². The van der Waals surface area contributed by atoms with Gasteiger partial charge in [-0.25, -0.2) is 4.98 Å². The minimum absolute atomic E-state index is 0.125. The summed E-state index contributed by atoms with van der Waals surface area (Å²) in [5.41, 5.74) is 9.03. The normalized spacial score (nSPS) is 13.3. The first-order valence-electron chi connectivity index (χ1n) is 8.96. The zero-order chi connectivity index (χ0) is 19.4. The number of aromatic amines is 1. The van der Waals surface area contributed by atoms with Crippen LogP contribution < -0.4 is 11.1 Å². The molecule has 2 atom stereocenters. The van der Waals surface area contributed by atoms with Crippen LogP contribution in [0.15, 0.2) is 48.9 Å². The third kappa shape index (κ3) is 4.60. The third-order valence-electron chi connectivity index (χ3n) is 4.64. The first kappa shape index (κ1) is 18.8. The van der Waals surface area contributed by atoms with Gasteiger partial charge in [-0.2, -0.15) is 0 Å². The maximum atomic E-state index is 12.6. The molecule has 0 fully saturated rings. The minimum atomic E-state index is -0.740. The highest BCUT2D eigenvalue weighted by molar-refractivity contribution is 5.91. The van der Waals surface area contributed by atoms with Crippen LogP contribution in [0.1, 0.15) is 23.7 Å². The summed E-state index contributed by atoms with van der Waals surface area (Å²) in [4.78, 5) is 31.5. The molecule has 4 N–H and O–H groups in total. The largest absolute Gasteiger partial charge is 0.351 e. The molecular formula is C21H24N4O2. The smallest absolute Gasteiger partial charge is 0.237 e. The predicted octanol–water partition coefficient (Wildman–Crippen LogP) is 2.06. The molecule has 0 aliphatic carbocycles. The first-order valence-corrected chi connectivity index (χ1v) is 8.96. The average Bonchev–Trinajstić information content (AvgIpc) is 3.14. The van der Waals surface area contributed by atoms with E-state index in [1.807, 2.05) is 31.2 Å². The number of carbonyl (C=O) groups is 2. The molecule has 0 radical (unpaired) electrons. The Balaban J connectivity index is 1.73. The lowest BCUT2D eigenvalue weighted by atomic mass is 9.96. The van der Waals surface area contributed by atoms with E-state index in [-0.39, 0.29) is 11.7 Å². The van der Waals surface area contributed by atoms with Gasteiger partial charge in [0.05, 0.1) is 24.1 Å². The van der Waals surface area contributed by atoms with Crippen LogP contribution in [-0.2, 0) is 22.4 Å². The van der Waals surface area contributed by atoms with Crippen molar-refractivity contribution >= 4 is 22.5 Å². The molecule has 1 amide bonds. The number of hydrogen-bond acceptors (Lipinski definition) is 4. The van der Waals surface area contributed by atoms with Crippen molar-refractivity contribution in [1.82, 2.24) is 15.3 Å². The van der Waals surface area contributed by atoms with Crippen molar-refractivity contribution in [3.63, 3.8) is 0 Å². The van der Waals surface area contributed by atoms with Gasteiger partial charge < -0.3 is 16.0 Å². The molecule has 6 heteroatoms. The van der Waals surface area contributed by atoms with Crippen LogP contribution in [0, 0.1) is 6.92 Å². The second-order valence-corrected chi connectivity index (χ2v) is 6.89. The molecule has 0 aliphatic heterocycles. The Bertz CT molecular complexity index is 950. The summed E-state index contributed by atoms with van der Waals surface area (Å²) >= 11 is 0. The van der Waals surface area contributed by atoms with Crippen molar-refractivity contribution in [2.75, 3.05) is 0 Å². The van der Waals surface area contributed by atoms with E-state index in [1.54, 1.807) is 12.5 Å². The Hall–Kier alpha value is -2.99. The van der Waals surface area contributed by atoms with E-state index < -0.39 is 12.1 Å². The number of imidazole rings is 1. The van der Waals surface area contributed by atoms with E-state index in [4.69, 9.17) is 5.73 Å². The number of Topliss-reactive ketones (excluding diaryl/α,β-unsaturated/α-hetero) is 1. The second kappa shape index (κ2) is 8.14. The highest BCUT2D eigenvalue weighted by Crippen LogP contribution is 2.22. The highest BCUT2D eigenvalue weighted by atomic mass is 16.2. The van der Waals surface area contributed by atoms with Gasteiger partial charge >= 0.3 is 0 Å². The molecule has 0 unspecified atom stereocenters. The minimum Gasteiger partial charge on any atom is -0.351 e. The van der Waals surface area contributed by atoms with E-state index in [0.29, 0.717) is 18.5 Å². The van der Waals surface area contributed by atoms with Crippen LogP contribution in [0.4, 0.5) is 0 Å². The van der Waals surface area contributed by atoms with Crippen LogP contribution in [-0.4, -0.2) is 33.7 Å². The quantitative estimate of drug-likeness (QED) is 0.597. The number of rotatable bonds is 7. The Morgan fingerprint density at radius 2 is 2.00 bits per heavy atom. The lowest BCUT2D eigenvalue weighted by Crippen LogP contribution is -2.49. The summed E-state index contributed by atoms with van der Waals surface area (Å²) in [5.74, 6) is -0.462. The zero-order valence-electron chi connectivity index (χ0n) is 15.5. The van der Waals surface area contributed by atoms with Crippen LogP contribution >= 0.6 is 0 Å². The van der Waals surface area contributed by atoms with E-state index in [0.717, 1.165) is 21.9 Å². The van der Waals surface area contributed by atoms with Crippen molar-refractivity contribution < 1.29 is 9.59 Å². The van der Waals surface area contributed by atoms with E-state index >= 15 is 0 Å². The van der Waals surface area contributed by atoms with Gasteiger partial charge in [-0.3, -0.25) is 9.59 Å². The Labute approximate surface area is 158 Å². The molecule has 3 aromatic rings. The molecule has 0 aliphatic rings. The number of nitrogens with two attached hydrogens (primary N) is 1. The number of fused-ring (bicyclic) bond motifs is 1. The SMILES string of the molecule is CC(=O)[C@H](Cc1c[nH]cn1)NC(=O)[C@@H](N)Cc1cc(C)cc2ccccc12. The number of H-pyrrole nitrogens is 1. The molecule has 0 saturated carbocycles. The van der Waals surface area contributed by atoms with Crippen LogP contribution in [0.3, 0.4) is 0 Å². The van der Waals surface area contributed by atoms with Gasteiger partial charge in [-0.15, -0.1) is 0 Å². The Morgan fingerprint density at radius 1 is 1.22 bits per heavy atom. The molecule has 0 spiro atoms. The number of nitrogens with one attached hydrogen (secondary N) is 2. The molecule has 6 nitrogen and oxygen atoms in total. The lowest BCUT2D eigenvalue weighted by molar-refractivity contribution is -0.127. The molecule has 27 heavy (non-hydrogen) atoms. The average molecular weight is 364 g/mol.